The summed E-state index contributed by atoms with van der Waals surface area (Å²) in [5.74, 6) is -1.11. The largest absolute Gasteiger partial charge is 0.362 e. The highest BCUT2D eigenvalue weighted by Gasteiger charge is 2.30. The number of anilines is 2. The van der Waals surface area contributed by atoms with Crippen LogP contribution in [0.4, 0.5) is 24.9 Å². The molecule has 116 valence electrons. The molecule has 1 aliphatic rings. The van der Waals surface area contributed by atoms with Gasteiger partial charge in [0.2, 0.25) is 11.9 Å². The van der Waals surface area contributed by atoms with Gasteiger partial charge in [-0.15, -0.1) is 0 Å². The van der Waals surface area contributed by atoms with Gasteiger partial charge >= 0.3 is 0 Å². The maximum atomic E-state index is 13.5. The Morgan fingerprint density at radius 2 is 2.33 bits per heavy atom. The molecule has 1 amide bonds. The number of hydrogen-bond acceptors (Lipinski definition) is 5. The zero-order valence-electron chi connectivity index (χ0n) is 11.4. The Bertz CT molecular complexity index is 514. The average Bonchev–Trinajstić information content (AvgIpc) is 2.46. The Morgan fingerprint density at radius 1 is 1.57 bits per heavy atom. The van der Waals surface area contributed by atoms with Gasteiger partial charge in [0.1, 0.15) is 6.04 Å². The van der Waals surface area contributed by atoms with Crippen molar-refractivity contribution in [2.45, 2.75) is 25.8 Å². The highest BCUT2D eigenvalue weighted by molar-refractivity contribution is 5.85. The second-order valence-electron chi connectivity index (χ2n) is 4.55. The smallest absolute Gasteiger partial charge is 0.255 e. The van der Waals surface area contributed by atoms with Gasteiger partial charge in [-0.25, -0.2) is 18.2 Å². The molecular weight excluding hydrogens is 287 g/mol. The van der Waals surface area contributed by atoms with Crippen LogP contribution < -0.4 is 15.5 Å². The van der Waals surface area contributed by atoms with Gasteiger partial charge in [0, 0.05) is 13.1 Å². The maximum absolute atomic E-state index is 13.5. The van der Waals surface area contributed by atoms with Crippen molar-refractivity contribution >= 4 is 17.7 Å². The molecule has 1 aromatic heterocycles. The highest BCUT2D eigenvalue weighted by atomic mass is 19.3. The van der Waals surface area contributed by atoms with Crippen molar-refractivity contribution in [1.82, 2.24) is 15.3 Å². The van der Waals surface area contributed by atoms with Crippen molar-refractivity contribution in [2.75, 3.05) is 29.9 Å². The normalized spacial score (nSPS) is 18.8. The summed E-state index contributed by atoms with van der Waals surface area (Å²) in [5.41, 5.74) is 0. The molecule has 0 aromatic carbocycles. The van der Waals surface area contributed by atoms with Crippen LogP contribution in [-0.4, -0.2) is 48.0 Å². The lowest BCUT2D eigenvalue weighted by Crippen LogP contribution is -2.55. The predicted molar refractivity (Wildman–Crippen MR) is 70.9 cm³/mol. The van der Waals surface area contributed by atoms with Gasteiger partial charge in [0.05, 0.1) is 12.7 Å². The molecule has 6 nitrogen and oxygen atoms in total. The van der Waals surface area contributed by atoms with Gasteiger partial charge < -0.3 is 15.5 Å². The Labute approximate surface area is 119 Å². The van der Waals surface area contributed by atoms with Crippen molar-refractivity contribution in [3.63, 3.8) is 0 Å². The fraction of sp³-hybridized carbons (Fsp3) is 0.583. The van der Waals surface area contributed by atoms with E-state index < -0.39 is 24.8 Å². The summed E-state index contributed by atoms with van der Waals surface area (Å²) < 4.78 is 37.9. The fourth-order valence-electron chi connectivity index (χ4n) is 2.15. The number of aromatic nitrogens is 2. The van der Waals surface area contributed by atoms with Crippen molar-refractivity contribution in [2.24, 2.45) is 0 Å². The van der Waals surface area contributed by atoms with E-state index in [1.165, 1.54) is 0 Å². The standard InChI is InChI=1S/C12H16F3N5O/c1-2-8-11(21)16-3-4-20(8)12-18-5-7(13)10(19-12)17-6-9(14)15/h5,8-9H,2-4,6H2,1H3,(H,16,21)(H,17,18,19). The number of hydrogen-bond donors (Lipinski definition) is 2. The molecule has 0 saturated carbocycles. The summed E-state index contributed by atoms with van der Waals surface area (Å²) in [7, 11) is 0. The van der Waals surface area contributed by atoms with E-state index in [-0.39, 0.29) is 17.7 Å². The first kappa shape index (κ1) is 15.3. The van der Waals surface area contributed by atoms with Crippen LogP contribution in [0.15, 0.2) is 6.20 Å². The predicted octanol–water partition coefficient (Wildman–Crippen LogP) is 1.01. The summed E-state index contributed by atoms with van der Waals surface area (Å²) in [6.45, 7) is 2.03. The van der Waals surface area contributed by atoms with Crippen LogP contribution in [0.1, 0.15) is 13.3 Å². The molecule has 2 heterocycles. The number of carbonyl (C=O) groups excluding carboxylic acids is 1. The molecule has 2 rings (SSSR count). The molecule has 2 N–H and O–H groups in total. The van der Waals surface area contributed by atoms with Crippen LogP contribution in [0.2, 0.25) is 0 Å². The Balaban J connectivity index is 2.22. The van der Waals surface area contributed by atoms with Crippen LogP contribution in [0.5, 0.6) is 0 Å². The van der Waals surface area contributed by atoms with Gasteiger partial charge in [-0.2, -0.15) is 4.98 Å². The second kappa shape index (κ2) is 6.59. The van der Waals surface area contributed by atoms with Crippen molar-refractivity contribution < 1.29 is 18.0 Å². The summed E-state index contributed by atoms with van der Waals surface area (Å²) in [4.78, 5) is 21.2. The molecule has 0 radical (unpaired) electrons. The SMILES string of the molecule is CCC1C(=O)NCCN1c1ncc(F)c(NCC(F)F)n1. The number of halogens is 3. The van der Waals surface area contributed by atoms with E-state index >= 15 is 0 Å². The maximum Gasteiger partial charge on any atom is 0.255 e. The fourth-order valence-corrected chi connectivity index (χ4v) is 2.15. The lowest BCUT2D eigenvalue weighted by Gasteiger charge is -2.34. The van der Waals surface area contributed by atoms with Gasteiger partial charge in [-0.1, -0.05) is 6.92 Å². The molecule has 1 fully saturated rings. The number of alkyl halides is 2. The zero-order chi connectivity index (χ0) is 15.4. The van der Waals surface area contributed by atoms with Crippen LogP contribution in [-0.2, 0) is 4.79 Å². The summed E-state index contributed by atoms with van der Waals surface area (Å²) in [5, 5.41) is 4.96. The molecule has 1 aromatic rings. The van der Waals surface area contributed by atoms with Crippen LogP contribution in [0, 0.1) is 5.82 Å². The third-order valence-electron chi connectivity index (χ3n) is 3.13. The lowest BCUT2D eigenvalue weighted by molar-refractivity contribution is -0.123. The van der Waals surface area contributed by atoms with Gasteiger partial charge in [0.25, 0.3) is 6.43 Å². The third-order valence-corrected chi connectivity index (χ3v) is 3.13. The van der Waals surface area contributed by atoms with Gasteiger partial charge in [-0.3, -0.25) is 4.79 Å². The van der Waals surface area contributed by atoms with Gasteiger partial charge in [0.15, 0.2) is 11.6 Å². The van der Waals surface area contributed by atoms with Gasteiger partial charge in [-0.05, 0) is 6.42 Å². The van der Waals surface area contributed by atoms with Crippen molar-refractivity contribution in [3.8, 4) is 0 Å². The quantitative estimate of drug-likeness (QED) is 0.849. The van der Waals surface area contributed by atoms with E-state index in [4.69, 9.17) is 0 Å². The molecule has 0 aliphatic carbocycles. The van der Waals surface area contributed by atoms with Crippen LogP contribution in [0.3, 0.4) is 0 Å². The highest BCUT2D eigenvalue weighted by Crippen LogP contribution is 2.19. The van der Waals surface area contributed by atoms with E-state index in [0.717, 1.165) is 6.20 Å². The lowest BCUT2D eigenvalue weighted by atomic mass is 10.1. The molecule has 1 aliphatic heterocycles. The van der Waals surface area contributed by atoms with E-state index in [1.807, 2.05) is 6.92 Å². The minimum atomic E-state index is -2.62. The number of amides is 1. The second-order valence-corrected chi connectivity index (χ2v) is 4.55. The Kier molecular flexibility index (Phi) is 4.81. The Hall–Kier alpha value is -2.06. The first-order chi connectivity index (χ1) is 10.0. The number of carbonyl (C=O) groups is 1. The first-order valence-electron chi connectivity index (χ1n) is 6.61. The van der Waals surface area contributed by atoms with Crippen LogP contribution >= 0.6 is 0 Å². The number of nitrogens with one attached hydrogen (secondary N) is 2. The molecule has 21 heavy (non-hydrogen) atoms. The van der Waals surface area contributed by atoms with E-state index in [2.05, 4.69) is 20.6 Å². The summed E-state index contributed by atoms with van der Waals surface area (Å²) >= 11 is 0. The Morgan fingerprint density at radius 3 is 3.00 bits per heavy atom. The van der Waals surface area contributed by atoms with Crippen molar-refractivity contribution in [1.29, 1.82) is 0 Å². The number of rotatable bonds is 5. The third kappa shape index (κ3) is 3.53. The zero-order valence-corrected chi connectivity index (χ0v) is 11.4. The molecule has 1 saturated heterocycles. The van der Waals surface area contributed by atoms with E-state index in [9.17, 15) is 18.0 Å². The number of piperazine rings is 1. The number of nitrogens with zero attached hydrogens (tertiary/aromatic N) is 3. The minimum absolute atomic E-state index is 0.148. The molecule has 0 spiro atoms. The van der Waals surface area contributed by atoms with Crippen LogP contribution in [0.25, 0.3) is 0 Å². The van der Waals surface area contributed by atoms with E-state index in [1.54, 1.807) is 4.90 Å². The minimum Gasteiger partial charge on any atom is -0.362 e. The molecular formula is C12H16F3N5O. The topological polar surface area (TPSA) is 70.2 Å². The molecule has 0 bridgehead atoms. The average molecular weight is 303 g/mol. The monoisotopic (exact) mass is 303 g/mol. The molecule has 1 unspecified atom stereocenters. The molecule has 9 heteroatoms. The molecule has 1 atom stereocenters. The van der Waals surface area contributed by atoms with Crippen molar-refractivity contribution in [3.05, 3.63) is 12.0 Å². The summed E-state index contributed by atoms with van der Waals surface area (Å²) in [6, 6.07) is -0.452. The first-order valence-corrected chi connectivity index (χ1v) is 6.61. The summed E-state index contributed by atoms with van der Waals surface area (Å²) in [6.07, 6.45) is -1.17. The van der Waals surface area contributed by atoms with E-state index in [0.29, 0.717) is 19.5 Å².